The lowest BCUT2D eigenvalue weighted by Gasteiger charge is -2.08. The van der Waals surface area contributed by atoms with Crippen molar-refractivity contribution in [3.05, 3.63) is 75.6 Å². The van der Waals surface area contributed by atoms with Crippen LogP contribution >= 0.6 is 22.9 Å². The highest BCUT2D eigenvalue weighted by Crippen LogP contribution is 2.29. The van der Waals surface area contributed by atoms with Gasteiger partial charge in [-0.05, 0) is 54.4 Å². The van der Waals surface area contributed by atoms with E-state index >= 15 is 0 Å². The lowest BCUT2D eigenvalue weighted by Crippen LogP contribution is -2.12. The SMILES string of the molecule is Cc1ccc(C(=O)O)cc1NC(=O)c1ccc(-c2ccc(Cl)cc2)s1. The fourth-order valence-corrected chi connectivity index (χ4v) is 3.34. The molecule has 6 heteroatoms. The fourth-order valence-electron chi connectivity index (χ4n) is 2.30. The van der Waals surface area contributed by atoms with Gasteiger partial charge in [-0.15, -0.1) is 11.3 Å². The monoisotopic (exact) mass is 371 g/mol. The number of anilines is 1. The number of carboxylic acids is 1. The Morgan fingerprint density at radius 3 is 2.44 bits per heavy atom. The number of nitrogens with one attached hydrogen (secondary N) is 1. The van der Waals surface area contributed by atoms with E-state index < -0.39 is 5.97 Å². The minimum absolute atomic E-state index is 0.133. The molecule has 2 N–H and O–H groups in total. The molecule has 0 aliphatic rings. The summed E-state index contributed by atoms with van der Waals surface area (Å²) in [5.41, 5.74) is 2.41. The normalized spacial score (nSPS) is 10.5. The van der Waals surface area contributed by atoms with Crippen LogP contribution in [-0.4, -0.2) is 17.0 Å². The Bertz CT molecular complexity index is 948. The number of carbonyl (C=O) groups is 2. The predicted octanol–water partition coefficient (Wildman–Crippen LogP) is 5.33. The number of carboxylic acid groups (broad SMARTS) is 1. The zero-order chi connectivity index (χ0) is 18.0. The Labute approximate surface area is 153 Å². The van der Waals surface area contributed by atoms with Crippen molar-refractivity contribution in [1.82, 2.24) is 0 Å². The molecular formula is C19H14ClNO3S. The summed E-state index contributed by atoms with van der Waals surface area (Å²) in [5.74, 6) is -1.30. The van der Waals surface area contributed by atoms with Crippen LogP contribution in [0.2, 0.25) is 5.02 Å². The molecule has 25 heavy (non-hydrogen) atoms. The summed E-state index contributed by atoms with van der Waals surface area (Å²) in [4.78, 5) is 25.1. The molecule has 0 unspecified atom stereocenters. The molecule has 0 atom stereocenters. The maximum Gasteiger partial charge on any atom is 0.335 e. The number of amides is 1. The Morgan fingerprint density at radius 1 is 1.04 bits per heavy atom. The number of carbonyl (C=O) groups excluding carboxylic acids is 1. The molecule has 4 nitrogen and oxygen atoms in total. The van der Waals surface area contributed by atoms with Gasteiger partial charge in [0, 0.05) is 15.6 Å². The predicted molar refractivity (Wildman–Crippen MR) is 101 cm³/mol. The molecule has 0 spiro atoms. The van der Waals surface area contributed by atoms with Gasteiger partial charge in [0.1, 0.15) is 0 Å². The van der Waals surface area contributed by atoms with E-state index in [1.807, 2.05) is 25.1 Å². The van der Waals surface area contributed by atoms with Crippen LogP contribution in [0.25, 0.3) is 10.4 Å². The van der Waals surface area contributed by atoms with E-state index in [9.17, 15) is 9.59 Å². The van der Waals surface area contributed by atoms with Gasteiger partial charge in [0.15, 0.2) is 0 Å². The number of hydrogen-bond acceptors (Lipinski definition) is 3. The summed E-state index contributed by atoms with van der Waals surface area (Å²) in [5, 5.41) is 12.5. The van der Waals surface area contributed by atoms with E-state index in [4.69, 9.17) is 16.7 Å². The van der Waals surface area contributed by atoms with Crippen LogP contribution in [0.3, 0.4) is 0 Å². The number of benzene rings is 2. The van der Waals surface area contributed by atoms with Crippen LogP contribution in [0.1, 0.15) is 25.6 Å². The van der Waals surface area contributed by atoms with Crippen molar-refractivity contribution < 1.29 is 14.7 Å². The molecule has 126 valence electrons. The van der Waals surface area contributed by atoms with Crippen LogP contribution in [0.15, 0.2) is 54.6 Å². The van der Waals surface area contributed by atoms with Crippen LogP contribution in [0.4, 0.5) is 5.69 Å². The van der Waals surface area contributed by atoms with Crippen molar-refractivity contribution in [3.8, 4) is 10.4 Å². The molecule has 0 bridgehead atoms. The third-order valence-electron chi connectivity index (χ3n) is 3.69. The topological polar surface area (TPSA) is 66.4 Å². The average Bonchev–Trinajstić information content (AvgIpc) is 3.07. The molecule has 1 aromatic heterocycles. The quantitative estimate of drug-likeness (QED) is 0.651. The van der Waals surface area contributed by atoms with E-state index in [0.717, 1.165) is 16.0 Å². The first-order chi connectivity index (χ1) is 11.9. The number of hydrogen-bond donors (Lipinski definition) is 2. The molecule has 0 saturated carbocycles. The van der Waals surface area contributed by atoms with Crippen molar-refractivity contribution in [2.45, 2.75) is 6.92 Å². The Morgan fingerprint density at radius 2 is 1.76 bits per heavy atom. The molecule has 0 aliphatic carbocycles. The van der Waals surface area contributed by atoms with E-state index in [1.165, 1.54) is 23.5 Å². The Kier molecular flexibility index (Phi) is 4.88. The van der Waals surface area contributed by atoms with Crippen molar-refractivity contribution in [2.24, 2.45) is 0 Å². The molecule has 3 aromatic rings. The van der Waals surface area contributed by atoms with Crippen molar-refractivity contribution in [1.29, 1.82) is 0 Å². The lowest BCUT2D eigenvalue weighted by atomic mass is 10.1. The summed E-state index contributed by atoms with van der Waals surface area (Å²) >= 11 is 7.26. The summed E-state index contributed by atoms with van der Waals surface area (Å²) in [7, 11) is 0. The second-order valence-electron chi connectivity index (χ2n) is 5.46. The van der Waals surface area contributed by atoms with Gasteiger partial charge in [-0.2, -0.15) is 0 Å². The van der Waals surface area contributed by atoms with E-state index in [2.05, 4.69) is 5.32 Å². The highest BCUT2D eigenvalue weighted by atomic mass is 35.5. The Balaban J connectivity index is 1.82. The molecule has 0 radical (unpaired) electrons. The summed E-state index contributed by atoms with van der Waals surface area (Å²) in [6.45, 7) is 1.81. The molecule has 2 aromatic carbocycles. The molecule has 0 saturated heterocycles. The van der Waals surface area contributed by atoms with Crippen molar-refractivity contribution in [3.63, 3.8) is 0 Å². The average molecular weight is 372 g/mol. The van der Waals surface area contributed by atoms with Gasteiger partial charge in [-0.3, -0.25) is 4.79 Å². The number of aryl methyl sites for hydroxylation is 1. The van der Waals surface area contributed by atoms with Gasteiger partial charge in [0.25, 0.3) is 5.91 Å². The van der Waals surface area contributed by atoms with Crippen molar-refractivity contribution >= 4 is 40.5 Å². The highest BCUT2D eigenvalue weighted by Gasteiger charge is 2.13. The minimum Gasteiger partial charge on any atom is -0.478 e. The zero-order valence-corrected chi connectivity index (χ0v) is 14.8. The maximum absolute atomic E-state index is 12.5. The largest absolute Gasteiger partial charge is 0.478 e. The van der Waals surface area contributed by atoms with E-state index in [-0.39, 0.29) is 11.5 Å². The second-order valence-corrected chi connectivity index (χ2v) is 6.98. The summed E-state index contributed by atoms with van der Waals surface area (Å²) < 4.78 is 0. The second kappa shape index (κ2) is 7.09. The summed E-state index contributed by atoms with van der Waals surface area (Å²) in [6.07, 6.45) is 0. The van der Waals surface area contributed by atoms with E-state index in [1.54, 1.807) is 24.3 Å². The third-order valence-corrected chi connectivity index (χ3v) is 5.08. The number of aromatic carboxylic acids is 1. The number of thiophene rings is 1. The van der Waals surface area contributed by atoms with Gasteiger partial charge in [0.05, 0.1) is 10.4 Å². The van der Waals surface area contributed by atoms with Crippen LogP contribution in [0, 0.1) is 6.92 Å². The first-order valence-electron chi connectivity index (χ1n) is 7.45. The standard InChI is InChI=1S/C19H14ClNO3S/c1-11-2-3-13(19(23)24)10-15(11)21-18(22)17-9-8-16(25-17)12-4-6-14(20)7-5-12/h2-10H,1H3,(H,21,22)(H,23,24). The first-order valence-corrected chi connectivity index (χ1v) is 8.64. The third kappa shape index (κ3) is 3.90. The van der Waals surface area contributed by atoms with Gasteiger partial charge < -0.3 is 10.4 Å². The highest BCUT2D eigenvalue weighted by molar-refractivity contribution is 7.17. The van der Waals surface area contributed by atoms with Crippen LogP contribution in [-0.2, 0) is 0 Å². The molecule has 1 heterocycles. The number of halogens is 1. The number of rotatable bonds is 4. The molecule has 0 fully saturated rings. The lowest BCUT2D eigenvalue weighted by molar-refractivity contribution is 0.0696. The smallest absolute Gasteiger partial charge is 0.335 e. The van der Waals surface area contributed by atoms with Gasteiger partial charge in [-0.1, -0.05) is 29.8 Å². The Hall–Kier alpha value is -2.63. The van der Waals surface area contributed by atoms with Gasteiger partial charge in [-0.25, -0.2) is 4.79 Å². The van der Waals surface area contributed by atoms with E-state index in [0.29, 0.717) is 15.6 Å². The fraction of sp³-hybridized carbons (Fsp3) is 0.0526. The van der Waals surface area contributed by atoms with Crippen LogP contribution < -0.4 is 5.32 Å². The zero-order valence-electron chi connectivity index (χ0n) is 13.2. The minimum atomic E-state index is -1.03. The van der Waals surface area contributed by atoms with Crippen molar-refractivity contribution in [2.75, 3.05) is 5.32 Å². The first kappa shape index (κ1) is 17.2. The van der Waals surface area contributed by atoms with Gasteiger partial charge >= 0.3 is 5.97 Å². The molecule has 3 rings (SSSR count). The molecular weight excluding hydrogens is 358 g/mol. The molecule has 0 aliphatic heterocycles. The van der Waals surface area contributed by atoms with Crippen LogP contribution in [0.5, 0.6) is 0 Å². The van der Waals surface area contributed by atoms with Gasteiger partial charge in [0.2, 0.25) is 0 Å². The maximum atomic E-state index is 12.5. The molecule has 1 amide bonds. The summed E-state index contributed by atoms with van der Waals surface area (Å²) in [6, 6.07) is 15.7.